The number of nitrogen functional groups attached to an aromatic ring is 1. The maximum Gasteiger partial charge on any atom is 0.272 e. The summed E-state index contributed by atoms with van der Waals surface area (Å²) < 4.78 is 5.52. The molecule has 1 aromatic heterocycles. The Morgan fingerprint density at radius 1 is 1.67 bits per heavy atom. The van der Waals surface area contributed by atoms with Gasteiger partial charge in [-0.15, -0.1) is 0 Å². The van der Waals surface area contributed by atoms with Crippen molar-refractivity contribution in [2.24, 2.45) is 5.84 Å². The van der Waals surface area contributed by atoms with E-state index in [1.165, 1.54) is 0 Å². The molecule has 1 saturated heterocycles. The summed E-state index contributed by atoms with van der Waals surface area (Å²) in [5.74, 6) is 5.24. The van der Waals surface area contributed by atoms with Crippen LogP contribution in [0.5, 0.6) is 0 Å². The van der Waals surface area contributed by atoms with Crippen LogP contribution in [0.4, 0.5) is 5.69 Å². The number of aromatic nitrogens is 1. The molecule has 1 fully saturated rings. The molecule has 0 radical (unpaired) electrons. The van der Waals surface area contributed by atoms with Crippen molar-refractivity contribution in [2.45, 2.75) is 19.4 Å². The van der Waals surface area contributed by atoms with Gasteiger partial charge in [-0.2, -0.15) is 0 Å². The quantitative estimate of drug-likeness (QED) is 0.594. The van der Waals surface area contributed by atoms with Crippen LogP contribution in [-0.2, 0) is 4.74 Å². The van der Waals surface area contributed by atoms with Crippen molar-refractivity contribution in [3.63, 3.8) is 0 Å². The molecule has 2 rings (SSSR count). The molecule has 0 spiro atoms. The van der Waals surface area contributed by atoms with Crippen molar-refractivity contribution in [3.8, 4) is 0 Å². The molecular formula is C12H18N4O2. The second kappa shape index (κ2) is 5.79. The van der Waals surface area contributed by atoms with E-state index >= 15 is 0 Å². The molecule has 1 aromatic rings. The zero-order valence-corrected chi connectivity index (χ0v) is 10.4. The van der Waals surface area contributed by atoms with Gasteiger partial charge in [-0.3, -0.25) is 15.6 Å². The number of nitrogens with two attached hydrogens (primary N) is 1. The van der Waals surface area contributed by atoms with Crippen molar-refractivity contribution in [1.82, 2.24) is 9.88 Å². The third-order valence-electron chi connectivity index (χ3n) is 2.89. The monoisotopic (exact) mass is 250 g/mol. The smallest absolute Gasteiger partial charge is 0.272 e. The van der Waals surface area contributed by atoms with E-state index in [2.05, 4.69) is 10.4 Å². The molecule has 2 heterocycles. The molecule has 3 N–H and O–H groups in total. The van der Waals surface area contributed by atoms with Crippen LogP contribution < -0.4 is 11.3 Å². The van der Waals surface area contributed by atoms with E-state index in [9.17, 15) is 4.79 Å². The average molecular weight is 250 g/mol. The number of amides is 1. The number of carbonyl (C=O) groups excluding carboxylic acids is 1. The highest BCUT2D eigenvalue weighted by Gasteiger charge is 2.21. The number of rotatable bonds is 2. The van der Waals surface area contributed by atoms with E-state index in [4.69, 9.17) is 10.6 Å². The molecule has 0 saturated carbocycles. The third kappa shape index (κ3) is 2.96. The Kier molecular flexibility index (Phi) is 4.11. The van der Waals surface area contributed by atoms with E-state index in [-0.39, 0.29) is 12.0 Å². The molecule has 1 aliphatic heterocycles. The lowest BCUT2D eigenvalue weighted by Gasteiger charge is -2.21. The fraction of sp³-hybridized carbons (Fsp3) is 0.500. The Morgan fingerprint density at radius 3 is 3.28 bits per heavy atom. The summed E-state index contributed by atoms with van der Waals surface area (Å²) in [4.78, 5) is 18.2. The summed E-state index contributed by atoms with van der Waals surface area (Å²) in [6, 6.07) is 3.36. The minimum Gasteiger partial charge on any atom is -0.377 e. The Balaban J connectivity index is 2.13. The highest BCUT2D eigenvalue weighted by atomic mass is 16.5. The van der Waals surface area contributed by atoms with Gasteiger partial charge in [-0.25, -0.2) is 0 Å². The number of pyridine rings is 1. The van der Waals surface area contributed by atoms with Gasteiger partial charge in [0.2, 0.25) is 0 Å². The Morgan fingerprint density at radius 2 is 2.50 bits per heavy atom. The summed E-state index contributed by atoms with van der Waals surface area (Å²) in [6.45, 7) is 3.96. The average Bonchev–Trinajstić information content (AvgIpc) is 2.62. The molecule has 1 aliphatic rings. The van der Waals surface area contributed by atoms with Crippen molar-refractivity contribution in [2.75, 3.05) is 25.1 Å². The fourth-order valence-corrected chi connectivity index (χ4v) is 1.98. The van der Waals surface area contributed by atoms with Crippen LogP contribution in [0.1, 0.15) is 23.8 Å². The first-order valence-electron chi connectivity index (χ1n) is 6.04. The van der Waals surface area contributed by atoms with Gasteiger partial charge in [-0.1, -0.05) is 0 Å². The van der Waals surface area contributed by atoms with E-state index in [1.54, 1.807) is 23.2 Å². The van der Waals surface area contributed by atoms with Gasteiger partial charge >= 0.3 is 0 Å². The van der Waals surface area contributed by atoms with Gasteiger partial charge in [0.25, 0.3) is 5.91 Å². The second-order valence-corrected chi connectivity index (χ2v) is 4.36. The summed E-state index contributed by atoms with van der Waals surface area (Å²) in [5.41, 5.74) is 3.59. The predicted octanol–water partition coefficient (Wildman–Crippen LogP) is 0.618. The molecule has 1 atom stereocenters. The lowest BCUT2D eigenvalue weighted by atomic mass is 10.2. The van der Waals surface area contributed by atoms with E-state index in [0.717, 1.165) is 6.42 Å². The first-order valence-corrected chi connectivity index (χ1v) is 6.04. The zero-order valence-electron chi connectivity index (χ0n) is 10.4. The van der Waals surface area contributed by atoms with Crippen molar-refractivity contribution in [1.29, 1.82) is 0 Å². The molecule has 6 nitrogen and oxygen atoms in total. The molecule has 0 aromatic carbocycles. The Hall–Kier alpha value is -1.66. The molecule has 98 valence electrons. The molecule has 1 amide bonds. The highest BCUT2D eigenvalue weighted by molar-refractivity contribution is 5.93. The molecule has 18 heavy (non-hydrogen) atoms. The Bertz CT molecular complexity index is 424. The van der Waals surface area contributed by atoms with E-state index in [1.807, 2.05) is 6.92 Å². The minimum atomic E-state index is -0.0792. The highest BCUT2D eigenvalue weighted by Crippen LogP contribution is 2.12. The number of carbonyl (C=O) groups is 1. The number of nitrogens with zero attached hydrogens (tertiary/aromatic N) is 2. The minimum absolute atomic E-state index is 0.0623. The summed E-state index contributed by atoms with van der Waals surface area (Å²) >= 11 is 0. The lowest BCUT2D eigenvalue weighted by molar-refractivity contribution is 0.0559. The molecular weight excluding hydrogens is 232 g/mol. The van der Waals surface area contributed by atoms with Crippen LogP contribution in [-0.4, -0.2) is 41.6 Å². The van der Waals surface area contributed by atoms with Gasteiger partial charge in [0, 0.05) is 25.9 Å². The van der Waals surface area contributed by atoms with Gasteiger partial charge in [0.1, 0.15) is 5.69 Å². The maximum absolute atomic E-state index is 12.3. The fourth-order valence-electron chi connectivity index (χ4n) is 1.98. The van der Waals surface area contributed by atoms with Crippen LogP contribution in [0.25, 0.3) is 0 Å². The zero-order chi connectivity index (χ0) is 13.0. The van der Waals surface area contributed by atoms with Crippen molar-refractivity contribution >= 4 is 11.6 Å². The molecule has 1 unspecified atom stereocenters. The largest absolute Gasteiger partial charge is 0.377 e. The van der Waals surface area contributed by atoms with E-state index in [0.29, 0.717) is 31.1 Å². The number of hydrazine groups is 1. The number of hydrogen-bond donors (Lipinski definition) is 2. The van der Waals surface area contributed by atoms with Gasteiger partial charge < -0.3 is 15.1 Å². The van der Waals surface area contributed by atoms with Crippen LogP contribution in [0.2, 0.25) is 0 Å². The van der Waals surface area contributed by atoms with Crippen LogP contribution >= 0.6 is 0 Å². The summed E-state index contributed by atoms with van der Waals surface area (Å²) in [5, 5.41) is 0. The second-order valence-electron chi connectivity index (χ2n) is 4.36. The number of ether oxygens (including phenoxy) is 1. The van der Waals surface area contributed by atoms with E-state index < -0.39 is 0 Å². The topological polar surface area (TPSA) is 80.5 Å². The SMILES string of the molecule is CC1CN(C(=O)c2cc(NN)ccn2)CCCO1. The van der Waals surface area contributed by atoms with Crippen LogP contribution in [0.15, 0.2) is 18.3 Å². The Labute approximate surface area is 106 Å². The first kappa shape index (κ1) is 12.8. The number of hydrogen-bond acceptors (Lipinski definition) is 5. The maximum atomic E-state index is 12.3. The van der Waals surface area contributed by atoms with Crippen LogP contribution in [0, 0.1) is 0 Å². The number of anilines is 1. The van der Waals surface area contributed by atoms with Crippen LogP contribution in [0.3, 0.4) is 0 Å². The van der Waals surface area contributed by atoms with Crippen molar-refractivity contribution < 1.29 is 9.53 Å². The molecule has 0 bridgehead atoms. The first-order chi connectivity index (χ1) is 8.70. The number of nitrogens with one attached hydrogen (secondary N) is 1. The summed E-state index contributed by atoms with van der Waals surface area (Å²) in [6.07, 6.45) is 2.48. The normalized spacial score (nSPS) is 20.3. The predicted molar refractivity (Wildman–Crippen MR) is 68.0 cm³/mol. The lowest BCUT2D eigenvalue weighted by Crippen LogP contribution is -2.36. The third-order valence-corrected chi connectivity index (χ3v) is 2.89. The van der Waals surface area contributed by atoms with Gasteiger partial charge in [0.05, 0.1) is 11.8 Å². The molecule has 6 heteroatoms. The van der Waals surface area contributed by atoms with Gasteiger partial charge in [0.15, 0.2) is 0 Å². The standard InChI is InChI=1S/C12H18N4O2/c1-9-8-16(5-2-6-18-9)12(17)11-7-10(15-13)3-4-14-11/h3-4,7,9H,2,5-6,8,13H2,1H3,(H,14,15). The summed E-state index contributed by atoms with van der Waals surface area (Å²) in [7, 11) is 0. The van der Waals surface area contributed by atoms with Crippen molar-refractivity contribution in [3.05, 3.63) is 24.0 Å². The molecule has 0 aliphatic carbocycles. The van der Waals surface area contributed by atoms with Gasteiger partial charge in [-0.05, 0) is 25.5 Å².